The van der Waals surface area contributed by atoms with Gasteiger partial charge in [-0.3, -0.25) is 9.59 Å². The van der Waals surface area contributed by atoms with E-state index in [1.54, 1.807) is 6.07 Å². The minimum Gasteiger partial charge on any atom is -0.356 e. The molecule has 1 saturated carbocycles. The maximum Gasteiger partial charge on any atom is 0.227 e. The van der Waals surface area contributed by atoms with Crippen LogP contribution in [0.5, 0.6) is 0 Å². The third-order valence-corrected chi connectivity index (χ3v) is 4.71. The molecule has 0 saturated heterocycles. The molecule has 23 heavy (non-hydrogen) atoms. The molecule has 0 heterocycles. The van der Waals surface area contributed by atoms with Crippen molar-refractivity contribution < 1.29 is 9.59 Å². The second-order valence-electron chi connectivity index (χ2n) is 6.29. The molecule has 0 bridgehead atoms. The van der Waals surface area contributed by atoms with E-state index in [0.717, 1.165) is 49.9 Å². The molecule has 0 aromatic heterocycles. The predicted molar refractivity (Wildman–Crippen MR) is 93.6 cm³/mol. The Morgan fingerprint density at radius 3 is 2.35 bits per heavy atom. The number of halogens is 1. The second kappa shape index (κ2) is 8.34. The van der Waals surface area contributed by atoms with Crippen LogP contribution in [0.25, 0.3) is 0 Å². The maximum atomic E-state index is 12.4. The minimum atomic E-state index is -0.0244. The van der Waals surface area contributed by atoms with Gasteiger partial charge in [0.1, 0.15) is 0 Å². The standard InChI is InChI=1S/C18H25ClN2O2/c1-3-10-20-17(22)13-5-7-14(8-6-13)18(23)21-16-11-15(19)9-4-12(16)2/h4,9,11,13-14H,3,5-8,10H2,1-2H3,(H,20,22)(H,21,23). The van der Waals surface area contributed by atoms with Crippen molar-refractivity contribution in [2.45, 2.75) is 46.0 Å². The monoisotopic (exact) mass is 336 g/mol. The van der Waals surface area contributed by atoms with Crippen LogP contribution in [0.1, 0.15) is 44.6 Å². The van der Waals surface area contributed by atoms with Gasteiger partial charge >= 0.3 is 0 Å². The number of hydrogen-bond donors (Lipinski definition) is 2. The summed E-state index contributed by atoms with van der Waals surface area (Å²) in [6.07, 6.45) is 4.03. The van der Waals surface area contributed by atoms with Crippen molar-refractivity contribution in [3.05, 3.63) is 28.8 Å². The predicted octanol–water partition coefficient (Wildman–Crippen LogP) is 3.92. The van der Waals surface area contributed by atoms with Crippen molar-refractivity contribution in [2.75, 3.05) is 11.9 Å². The van der Waals surface area contributed by atoms with Gasteiger partial charge in [-0.15, -0.1) is 0 Å². The fourth-order valence-corrected chi connectivity index (χ4v) is 3.15. The van der Waals surface area contributed by atoms with Gasteiger partial charge in [-0.25, -0.2) is 0 Å². The van der Waals surface area contributed by atoms with Gasteiger partial charge in [0, 0.05) is 29.1 Å². The van der Waals surface area contributed by atoms with Gasteiger partial charge in [-0.1, -0.05) is 24.6 Å². The molecule has 1 aromatic rings. The lowest BCUT2D eigenvalue weighted by molar-refractivity contribution is -0.128. The van der Waals surface area contributed by atoms with E-state index in [1.807, 2.05) is 26.0 Å². The summed E-state index contributed by atoms with van der Waals surface area (Å²) < 4.78 is 0. The van der Waals surface area contributed by atoms with Crippen molar-refractivity contribution in [3.8, 4) is 0 Å². The highest BCUT2D eigenvalue weighted by molar-refractivity contribution is 6.31. The fraction of sp³-hybridized carbons (Fsp3) is 0.556. The number of amides is 2. The van der Waals surface area contributed by atoms with Gasteiger partial charge in [0.15, 0.2) is 0 Å². The fourth-order valence-electron chi connectivity index (χ4n) is 2.97. The van der Waals surface area contributed by atoms with E-state index >= 15 is 0 Å². The van der Waals surface area contributed by atoms with Crippen LogP contribution < -0.4 is 10.6 Å². The molecule has 0 atom stereocenters. The Bertz CT molecular complexity index is 566. The number of hydrogen-bond acceptors (Lipinski definition) is 2. The number of aryl methyl sites for hydroxylation is 1. The zero-order valence-electron chi connectivity index (χ0n) is 13.8. The smallest absolute Gasteiger partial charge is 0.227 e. The van der Waals surface area contributed by atoms with Crippen LogP contribution in [0.4, 0.5) is 5.69 Å². The average molecular weight is 337 g/mol. The van der Waals surface area contributed by atoms with Crippen LogP contribution in [0.15, 0.2) is 18.2 Å². The molecular weight excluding hydrogens is 312 g/mol. The van der Waals surface area contributed by atoms with Crippen LogP contribution in [0, 0.1) is 18.8 Å². The molecule has 2 amide bonds. The summed E-state index contributed by atoms with van der Waals surface area (Å²) in [6, 6.07) is 5.48. The van der Waals surface area contributed by atoms with Crippen LogP contribution in [0.2, 0.25) is 5.02 Å². The Hall–Kier alpha value is -1.55. The molecule has 2 N–H and O–H groups in total. The molecule has 0 aliphatic heterocycles. The van der Waals surface area contributed by atoms with E-state index in [0.29, 0.717) is 5.02 Å². The van der Waals surface area contributed by atoms with E-state index in [9.17, 15) is 9.59 Å². The van der Waals surface area contributed by atoms with E-state index < -0.39 is 0 Å². The lowest BCUT2D eigenvalue weighted by atomic mass is 9.81. The van der Waals surface area contributed by atoms with Gasteiger partial charge < -0.3 is 10.6 Å². The topological polar surface area (TPSA) is 58.2 Å². The quantitative estimate of drug-likeness (QED) is 0.856. The third-order valence-electron chi connectivity index (χ3n) is 4.48. The molecule has 2 rings (SSSR count). The summed E-state index contributed by atoms with van der Waals surface area (Å²) in [6.45, 7) is 4.72. The maximum absolute atomic E-state index is 12.4. The van der Waals surface area contributed by atoms with Gasteiger partial charge in [-0.05, 0) is 56.7 Å². The molecule has 126 valence electrons. The van der Waals surface area contributed by atoms with Gasteiger partial charge in [-0.2, -0.15) is 0 Å². The summed E-state index contributed by atoms with van der Waals surface area (Å²) in [4.78, 5) is 24.4. The Kier molecular flexibility index (Phi) is 6.46. The summed E-state index contributed by atoms with van der Waals surface area (Å²) in [5.74, 6) is 0.196. The number of benzene rings is 1. The molecule has 1 aliphatic carbocycles. The van der Waals surface area contributed by atoms with Crippen molar-refractivity contribution >= 4 is 29.1 Å². The number of anilines is 1. The molecule has 1 fully saturated rings. The lowest BCUT2D eigenvalue weighted by Crippen LogP contribution is -2.35. The molecule has 4 nitrogen and oxygen atoms in total. The highest BCUT2D eigenvalue weighted by atomic mass is 35.5. The molecule has 0 spiro atoms. The number of nitrogens with one attached hydrogen (secondary N) is 2. The summed E-state index contributed by atoms with van der Waals surface area (Å²) in [7, 11) is 0. The molecular formula is C18H25ClN2O2. The number of carbonyl (C=O) groups is 2. The first kappa shape index (κ1) is 17.8. The van der Waals surface area contributed by atoms with Gasteiger partial charge in [0.2, 0.25) is 11.8 Å². The Morgan fingerprint density at radius 2 is 1.74 bits per heavy atom. The SMILES string of the molecule is CCCNC(=O)C1CCC(C(=O)Nc2cc(Cl)ccc2C)CC1. The largest absolute Gasteiger partial charge is 0.356 e. The first-order chi connectivity index (χ1) is 11.0. The van der Waals surface area contributed by atoms with Crippen LogP contribution in [-0.2, 0) is 9.59 Å². The van der Waals surface area contributed by atoms with Crippen molar-refractivity contribution in [2.24, 2.45) is 11.8 Å². The Balaban J connectivity index is 1.86. The average Bonchev–Trinajstić information content (AvgIpc) is 2.56. The first-order valence-corrected chi connectivity index (χ1v) is 8.73. The highest BCUT2D eigenvalue weighted by Crippen LogP contribution is 2.30. The molecule has 1 aliphatic rings. The Labute approximate surface area is 143 Å². The van der Waals surface area contributed by atoms with Crippen LogP contribution in [-0.4, -0.2) is 18.4 Å². The molecule has 1 aromatic carbocycles. The van der Waals surface area contributed by atoms with Crippen molar-refractivity contribution in [1.29, 1.82) is 0 Å². The number of rotatable bonds is 5. The third kappa shape index (κ3) is 4.96. The minimum absolute atomic E-state index is 0.0244. The summed E-state index contributed by atoms with van der Waals surface area (Å²) >= 11 is 5.99. The molecule has 0 unspecified atom stereocenters. The Morgan fingerprint density at radius 1 is 1.13 bits per heavy atom. The molecule has 5 heteroatoms. The van der Waals surface area contributed by atoms with E-state index in [4.69, 9.17) is 11.6 Å². The zero-order chi connectivity index (χ0) is 16.8. The molecule has 0 radical (unpaired) electrons. The zero-order valence-corrected chi connectivity index (χ0v) is 14.6. The number of carbonyl (C=O) groups excluding carboxylic acids is 2. The van der Waals surface area contributed by atoms with Crippen LogP contribution >= 0.6 is 11.6 Å². The van der Waals surface area contributed by atoms with Crippen molar-refractivity contribution in [3.63, 3.8) is 0 Å². The lowest BCUT2D eigenvalue weighted by Gasteiger charge is -2.27. The van der Waals surface area contributed by atoms with E-state index in [1.165, 1.54) is 0 Å². The normalized spacial score (nSPS) is 20.8. The second-order valence-corrected chi connectivity index (χ2v) is 6.72. The van der Waals surface area contributed by atoms with Crippen LogP contribution in [0.3, 0.4) is 0 Å². The first-order valence-electron chi connectivity index (χ1n) is 8.36. The van der Waals surface area contributed by atoms with Crippen molar-refractivity contribution in [1.82, 2.24) is 5.32 Å². The summed E-state index contributed by atoms with van der Waals surface area (Å²) in [5, 5.41) is 6.53. The van der Waals surface area contributed by atoms with E-state index in [2.05, 4.69) is 10.6 Å². The highest BCUT2D eigenvalue weighted by Gasteiger charge is 2.29. The summed E-state index contributed by atoms with van der Waals surface area (Å²) in [5.41, 5.74) is 1.76. The van der Waals surface area contributed by atoms with Gasteiger partial charge in [0.05, 0.1) is 0 Å². The van der Waals surface area contributed by atoms with E-state index in [-0.39, 0.29) is 23.7 Å². The van der Waals surface area contributed by atoms with Gasteiger partial charge in [0.25, 0.3) is 0 Å².